The van der Waals surface area contributed by atoms with Gasteiger partial charge in [0.2, 0.25) is 0 Å². The number of carbonyl (C=O) groups is 2. The number of benzene rings is 1. The summed E-state index contributed by atoms with van der Waals surface area (Å²) in [5.74, 6) is 0.343. The van der Waals surface area contributed by atoms with Gasteiger partial charge in [-0.25, -0.2) is 9.59 Å². The van der Waals surface area contributed by atoms with Gasteiger partial charge in [0.05, 0.1) is 18.4 Å². The second-order valence-corrected chi connectivity index (χ2v) is 6.89. The number of thioether (sulfide) groups is 1. The van der Waals surface area contributed by atoms with Crippen LogP contribution in [0.1, 0.15) is 18.7 Å². The Hall–Kier alpha value is -2.38. The molecule has 0 fully saturated rings. The van der Waals surface area contributed by atoms with Crippen LogP contribution in [0.4, 0.5) is 4.79 Å². The second-order valence-electron chi connectivity index (χ2n) is 5.41. The van der Waals surface area contributed by atoms with Gasteiger partial charge in [-0.1, -0.05) is 17.7 Å². The molecule has 6 nitrogen and oxygen atoms in total. The smallest absolute Gasteiger partial charge is 0.338 e. The van der Waals surface area contributed by atoms with E-state index in [4.69, 9.17) is 20.8 Å². The monoisotopic (exact) mass is 392 g/mol. The maximum absolute atomic E-state index is 12.5. The molecule has 0 radical (unpaired) electrons. The van der Waals surface area contributed by atoms with Crippen LogP contribution in [0.5, 0.6) is 0 Å². The summed E-state index contributed by atoms with van der Waals surface area (Å²) in [5.41, 5.74) is 0.814. The average Bonchev–Trinajstić information content (AvgIpc) is 3.14. The topological polar surface area (TPSA) is 80.6 Å². The lowest BCUT2D eigenvalue weighted by Gasteiger charge is -2.27. The standard InChI is InChI=1S/C18H17ClN2O4S/c1-2-24-17(22)15-13(10-26-12-6-3-5-11(19)9-12)20-18(23)21-16(15)14-7-4-8-25-14/h3-9,16H,2,10H2,1H3,(H2,20,21,23). The van der Waals surface area contributed by atoms with E-state index >= 15 is 0 Å². The van der Waals surface area contributed by atoms with E-state index in [0.717, 1.165) is 4.90 Å². The van der Waals surface area contributed by atoms with Crippen LogP contribution >= 0.6 is 23.4 Å². The van der Waals surface area contributed by atoms with Crippen LogP contribution in [-0.4, -0.2) is 24.4 Å². The Morgan fingerprint density at radius 3 is 2.88 bits per heavy atom. The average molecular weight is 393 g/mol. The number of urea groups is 1. The summed E-state index contributed by atoms with van der Waals surface area (Å²) >= 11 is 7.47. The van der Waals surface area contributed by atoms with Crippen molar-refractivity contribution in [2.45, 2.75) is 17.9 Å². The van der Waals surface area contributed by atoms with Crippen molar-refractivity contribution in [1.29, 1.82) is 0 Å². The van der Waals surface area contributed by atoms with E-state index in [1.165, 1.54) is 18.0 Å². The number of furan rings is 1. The highest BCUT2D eigenvalue weighted by Crippen LogP contribution is 2.31. The normalized spacial score (nSPS) is 16.8. The molecule has 1 atom stereocenters. The summed E-state index contributed by atoms with van der Waals surface area (Å²) < 4.78 is 10.6. The van der Waals surface area contributed by atoms with Crippen molar-refractivity contribution in [1.82, 2.24) is 10.6 Å². The molecule has 1 aromatic carbocycles. The predicted octanol–water partition coefficient (Wildman–Crippen LogP) is 3.90. The van der Waals surface area contributed by atoms with E-state index in [0.29, 0.717) is 27.8 Å². The number of nitrogens with one attached hydrogen (secondary N) is 2. The van der Waals surface area contributed by atoms with E-state index in [-0.39, 0.29) is 6.61 Å². The molecule has 0 spiro atoms. The number of hydrogen-bond donors (Lipinski definition) is 2. The number of rotatable bonds is 6. The molecule has 2 heterocycles. The number of carbonyl (C=O) groups excluding carboxylic acids is 2. The summed E-state index contributed by atoms with van der Waals surface area (Å²) in [7, 11) is 0. The van der Waals surface area contributed by atoms with Crippen LogP contribution in [0.3, 0.4) is 0 Å². The predicted molar refractivity (Wildman–Crippen MR) is 99.0 cm³/mol. The lowest BCUT2D eigenvalue weighted by atomic mass is 10.0. The van der Waals surface area contributed by atoms with Gasteiger partial charge in [-0.05, 0) is 37.3 Å². The lowest BCUT2D eigenvalue weighted by molar-refractivity contribution is -0.139. The highest BCUT2D eigenvalue weighted by Gasteiger charge is 2.35. The molecule has 2 aromatic rings. The Labute approximate surface area is 159 Å². The molecule has 1 aliphatic heterocycles. The molecule has 26 heavy (non-hydrogen) atoms. The fourth-order valence-electron chi connectivity index (χ4n) is 2.56. The Morgan fingerprint density at radius 1 is 1.35 bits per heavy atom. The van der Waals surface area contributed by atoms with Gasteiger partial charge in [0, 0.05) is 21.4 Å². The van der Waals surface area contributed by atoms with Crippen LogP contribution in [-0.2, 0) is 9.53 Å². The molecule has 2 amide bonds. The van der Waals surface area contributed by atoms with Crippen LogP contribution in [0.15, 0.2) is 63.2 Å². The zero-order valence-corrected chi connectivity index (χ0v) is 15.5. The van der Waals surface area contributed by atoms with E-state index in [1.807, 2.05) is 18.2 Å². The first kappa shape index (κ1) is 18.4. The van der Waals surface area contributed by atoms with Crippen molar-refractivity contribution < 1.29 is 18.7 Å². The minimum atomic E-state index is -0.701. The number of hydrogen-bond acceptors (Lipinski definition) is 5. The maximum atomic E-state index is 12.5. The first-order valence-electron chi connectivity index (χ1n) is 7.98. The summed E-state index contributed by atoms with van der Waals surface area (Å²) in [6, 6.07) is 9.67. The van der Waals surface area contributed by atoms with Gasteiger partial charge in [-0.3, -0.25) is 0 Å². The number of halogens is 1. The Kier molecular flexibility index (Phi) is 5.90. The van der Waals surface area contributed by atoms with Crippen LogP contribution in [0.25, 0.3) is 0 Å². The molecule has 0 saturated carbocycles. The van der Waals surface area contributed by atoms with Crippen molar-refractivity contribution in [2.75, 3.05) is 12.4 Å². The molecule has 136 valence electrons. The molecule has 1 aliphatic rings. The number of amides is 2. The van der Waals surface area contributed by atoms with Gasteiger partial charge >= 0.3 is 12.0 Å². The van der Waals surface area contributed by atoms with Gasteiger partial charge in [-0.15, -0.1) is 11.8 Å². The third kappa shape index (κ3) is 4.23. The molecule has 0 saturated heterocycles. The van der Waals surface area contributed by atoms with Gasteiger partial charge in [0.25, 0.3) is 0 Å². The van der Waals surface area contributed by atoms with Gasteiger partial charge < -0.3 is 19.8 Å². The van der Waals surface area contributed by atoms with E-state index < -0.39 is 18.0 Å². The van der Waals surface area contributed by atoms with Gasteiger partial charge in [-0.2, -0.15) is 0 Å². The van der Waals surface area contributed by atoms with E-state index in [1.54, 1.807) is 25.1 Å². The Balaban J connectivity index is 1.93. The largest absolute Gasteiger partial charge is 0.467 e. The summed E-state index contributed by atoms with van der Waals surface area (Å²) in [5, 5.41) is 6.05. The molecule has 3 rings (SSSR count). The third-order valence-electron chi connectivity index (χ3n) is 3.66. The molecule has 1 unspecified atom stereocenters. The van der Waals surface area contributed by atoms with Crippen molar-refractivity contribution in [2.24, 2.45) is 0 Å². The zero-order chi connectivity index (χ0) is 18.5. The minimum absolute atomic E-state index is 0.232. The van der Waals surface area contributed by atoms with Gasteiger partial charge in [0.15, 0.2) is 0 Å². The SMILES string of the molecule is CCOC(=O)C1=C(CSc2cccc(Cl)c2)NC(=O)NC1c1ccco1. The molecule has 0 aliphatic carbocycles. The molecular formula is C18H17ClN2O4S. The maximum Gasteiger partial charge on any atom is 0.338 e. The third-order valence-corrected chi connectivity index (χ3v) is 4.91. The van der Waals surface area contributed by atoms with Crippen LogP contribution in [0.2, 0.25) is 5.02 Å². The highest BCUT2D eigenvalue weighted by molar-refractivity contribution is 7.99. The molecule has 1 aromatic heterocycles. The number of ether oxygens (including phenoxy) is 1. The van der Waals surface area contributed by atoms with Crippen LogP contribution < -0.4 is 10.6 Å². The molecular weight excluding hydrogens is 376 g/mol. The zero-order valence-electron chi connectivity index (χ0n) is 14.0. The van der Waals surface area contributed by atoms with Crippen molar-refractivity contribution in [3.8, 4) is 0 Å². The lowest BCUT2D eigenvalue weighted by Crippen LogP contribution is -2.46. The Morgan fingerprint density at radius 2 is 2.19 bits per heavy atom. The second kappa shape index (κ2) is 8.33. The fourth-order valence-corrected chi connectivity index (χ4v) is 3.74. The first-order chi connectivity index (χ1) is 12.6. The Bertz CT molecular complexity index is 835. The quantitative estimate of drug-likeness (QED) is 0.575. The summed E-state index contributed by atoms with van der Waals surface area (Å²) in [4.78, 5) is 25.6. The van der Waals surface area contributed by atoms with E-state index in [2.05, 4.69) is 10.6 Å². The minimum Gasteiger partial charge on any atom is -0.467 e. The molecule has 8 heteroatoms. The van der Waals surface area contributed by atoms with Crippen molar-refractivity contribution in [3.63, 3.8) is 0 Å². The summed E-state index contributed by atoms with van der Waals surface area (Å²) in [6.07, 6.45) is 1.49. The summed E-state index contributed by atoms with van der Waals surface area (Å²) in [6.45, 7) is 1.96. The highest BCUT2D eigenvalue weighted by atomic mass is 35.5. The number of esters is 1. The fraction of sp³-hybridized carbons (Fsp3) is 0.222. The van der Waals surface area contributed by atoms with Crippen molar-refractivity contribution >= 4 is 35.4 Å². The van der Waals surface area contributed by atoms with E-state index in [9.17, 15) is 9.59 Å². The van der Waals surface area contributed by atoms with Gasteiger partial charge in [0.1, 0.15) is 11.8 Å². The molecule has 0 bridgehead atoms. The van der Waals surface area contributed by atoms with Crippen molar-refractivity contribution in [3.05, 3.63) is 64.7 Å². The molecule has 2 N–H and O–H groups in total. The van der Waals surface area contributed by atoms with Crippen LogP contribution in [0, 0.1) is 0 Å². The first-order valence-corrected chi connectivity index (χ1v) is 9.34.